The number of benzene rings is 3. The molecule has 9 heteroatoms. The molecule has 3 aromatic carbocycles. The largest absolute Gasteiger partial charge is 0.489 e. The molecule has 4 aromatic rings. The first-order valence-electron chi connectivity index (χ1n) is 9.91. The maximum atomic E-state index is 13.8. The lowest BCUT2D eigenvalue weighted by Crippen LogP contribution is -2.16. The second kappa shape index (κ2) is 9.23. The topological polar surface area (TPSA) is 65.7 Å². The van der Waals surface area contributed by atoms with Crippen molar-refractivity contribution >= 4 is 28.5 Å². The summed E-state index contributed by atoms with van der Waals surface area (Å²) in [4.78, 5) is 24.5. The number of fused-ring (bicyclic) bond motifs is 1. The Kier molecular flexibility index (Phi) is 6.34. The minimum absolute atomic E-state index is 0.0206. The standard InChI is InChI=1S/C25H16ClF3O5/c1-32-24(31)16-4-2-14(3-5-16)13-33-18-10-11-19-20(12-18)34-23(25(27,28)29)21(22(19)30)15-6-8-17(26)9-7-15/h2-12H,13H2,1H3. The van der Waals surface area contributed by atoms with Gasteiger partial charge in [-0.1, -0.05) is 35.9 Å². The van der Waals surface area contributed by atoms with Crippen LogP contribution in [0, 0.1) is 0 Å². The molecule has 4 rings (SSSR count). The lowest BCUT2D eigenvalue weighted by molar-refractivity contribution is -0.152. The van der Waals surface area contributed by atoms with Crippen molar-refractivity contribution in [3.8, 4) is 16.9 Å². The lowest BCUT2D eigenvalue weighted by Gasteiger charge is -2.13. The fourth-order valence-electron chi connectivity index (χ4n) is 3.36. The molecule has 0 amide bonds. The summed E-state index contributed by atoms with van der Waals surface area (Å²) in [6.45, 7) is 0.0756. The van der Waals surface area contributed by atoms with Crippen LogP contribution < -0.4 is 10.2 Å². The van der Waals surface area contributed by atoms with E-state index >= 15 is 0 Å². The highest BCUT2D eigenvalue weighted by molar-refractivity contribution is 6.30. The number of ether oxygens (including phenoxy) is 2. The molecule has 0 atom stereocenters. The van der Waals surface area contributed by atoms with Crippen LogP contribution in [0.25, 0.3) is 22.1 Å². The van der Waals surface area contributed by atoms with Crippen LogP contribution in [0.4, 0.5) is 13.2 Å². The number of hydrogen-bond acceptors (Lipinski definition) is 5. The molecule has 0 saturated heterocycles. The third-order valence-electron chi connectivity index (χ3n) is 5.03. The minimum atomic E-state index is -4.90. The van der Waals surface area contributed by atoms with Gasteiger partial charge in [-0.3, -0.25) is 4.79 Å². The van der Waals surface area contributed by atoms with Crippen LogP contribution in [-0.4, -0.2) is 13.1 Å². The van der Waals surface area contributed by atoms with Gasteiger partial charge in [0, 0.05) is 11.1 Å². The van der Waals surface area contributed by atoms with Crippen LogP contribution in [0.15, 0.2) is 75.9 Å². The molecule has 0 aliphatic carbocycles. The molecule has 1 heterocycles. The SMILES string of the molecule is COC(=O)c1ccc(COc2ccc3c(=O)c(-c4ccc(Cl)cc4)c(C(F)(F)F)oc3c2)cc1. The normalized spacial score (nSPS) is 11.4. The van der Waals surface area contributed by atoms with E-state index < -0.39 is 28.9 Å². The lowest BCUT2D eigenvalue weighted by atomic mass is 10.0. The summed E-state index contributed by atoms with van der Waals surface area (Å²) < 4.78 is 56.8. The van der Waals surface area contributed by atoms with Crippen molar-refractivity contribution in [2.24, 2.45) is 0 Å². The molecular formula is C25H16ClF3O5. The fourth-order valence-corrected chi connectivity index (χ4v) is 3.49. The van der Waals surface area contributed by atoms with E-state index in [2.05, 4.69) is 4.74 Å². The molecule has 0 bridgehead atoms. The molecule has 0 unspecified atom stereocenters. The molecule has 174 valence electrons. The summed E-state index contributed by atoms with van der Waals surface area (Å²) in [5, 5.41) is 0.303. The van der Waals surface area contributed by atoms with Crippen LogP contribution in [0.2, 0.25) is 5.02 Å². The van der Waals surface area contributed by atoms with Crippen molar-refractivity contribution in [1.29, 1.82) is 0 Å². The molecule has 0 N–H and O–H groups in total. The van der Waals surface area contributed by atoms with Gasteiger partial charge in [0.2, 0.25) is 11.2 Å². The first kappa shape index (κ1) is 23.4. The van der Waals surface area contributed by atoms with Crippen molar-refractivity contribution in [2.45, 2.75) is 12.8 Å². The summed E-state index contributed by atoms with van der Waals surface area (Å²) in [6.07, 6.45) is -4.90. The van der Waals surface area contributed by atoms with Crippen LogP contribution in [0.5, 0.6) is 5.75 Å². The summed E-state index contributed by atoms with van der Waals surface area (Å²) >= 11 is 5.83. The fraction of sp³-hybridized carbons (Fsp3) is 0.120. The van der Waals surface area contributed by atoms with Gasteiger partial charge in [0.05, 0.1) is 23.6 Å². The first-order chi connectivity index (χ1) is 16.2. The van der Waals surface area contributed by atoms with Gasteiger partial charge in [0.15, 0.2) is 0 Å². The number of rotatable bonds is 5. The van der Waals surface area contributed by atoms with E-state index in [-0.39, 0.29) is 28.9 Å². The van der Waals surface area contributed by atoms with E-state index in [0.29, 0.717) is 16.1 Å². The van der Waals surface area contributed by atoms with E-state index in [1.54, 1.807) is 24.3 Å². The van der Waals surface area contributed by atoms with Gasteiger partial charge >= 0.3 is 12.1 Å². The van der Waals surface area contributed by atoms with Gasteiger partial charge in [-0.05, 0) is 47.5 Å². The zero-order valence-electron chi connectivity index (χ0n) is 17.6. The van der Waals surface area contributed by atoms with Crippen molar-refractivity contribution in [3.05, 3.63) is 98.9 Å². The number of esters is 1. The van der Waals surface area contributed by atoms with Gasteiger partial charge in [-0.15, -0.1) is 0 Å². The van der Waals surface area contributed by atoms with Gasteiger partial charge < -0.3 is 13.9 Å². The zero-order valence-corrected chi connectivity index (χ0v) is 18.4. The predicted octanol–water partition coefficient (Wildman–Crippen LogP) is 6.50. The quantitative estimate of drug-likeness (QED) is 0.300. The van der Waals surface area contributed by atoms with Crippen molar-refractivity contribution in [2.75, 3.05) is 7.11 Å². The van der Waals surface area contributed by atoms with Gasteiger partial charge in [0.1, 0.15) is 17.9 Å². The number of methoxy groups -OCH3 is 1. The minimum Gasteiger partial charge on any atom is -0.489 e. The molecule has 34 heavy (non-hydrogen) atoms. The predicted molar refractivity (Wildman–Crippen MR) is 120 cm³/mol. The average molecular weight is 489 g/mol. The first-order valence-corrected chi connectivity index (χ1v) is 10.3. The molecule has 0 spiro atoms. The Morgan fingerprint density at radius 3 is 2.29 bits per heavy atom. The smallest absolute Gasteiger partial charge is 0.450 e. The number of carbonyl (C=O) groups is 1. The number of alkyl halides is 3. The Morgan fingerprint density at radius 1 is 1.00 bits per heavy atom. The summed E-state index contributed by atoms with van der Waals surface area (Å²) in [7, 11) is 1.28. The molecular weight excluding hydrogens is 473 g/mol. The molecule has 1 aromatic heterocycles. The van der Waals surface area contributed by atoms with Gasteiger partial charge in [0.25, 0.3) is 0 Å². The van der Waals surface area contributed by atoms with E-state index in [9.17, 15) is 22.8 Å². The maximum Gasteiger partial charge on any atom is 0.450 e. The Labute approximate surface area is 196 Å². The highest BCUT2D eigenvalue weighted by atomic mass is 35.5. The number of carbonyl (C=O) groups excluding carboxylic acids is 1. The van der Waals surface area contributed by atoms with Gasteiger partial charge in [-0.25, -0.2) is 4.79 Å². The summed E-state index contributed by atoms with van der Waals surface area (Å²) in [6, 6.07) is 16.0. The van der Waals surface area contributed by atoms with E-state index in [1.165, 1.54) is 49.6 Å². The Bertz CT molecular complexity index is 1410. The average Bonchev–Trinajstić information content (AvgIpc) is 2.82. The van der Waals surface area contributed by atoms with Crippen LogP contribution in [0.3, 0.4) is 0 Å². The summed E-state index contributed by atoms with van der Waals surface area (Å²) in [5.74, 6) is -1.67. The third-order valence-corrected chi connectivity index (χ3v) is 5.29. The molecule has 0 aliphatic rings. The van der Waals surface area contributed by atoms with Crippen LogP contribution >= 0.6 is 11.6 Å². The Hall–Kier alpha value is -3.78. The Balaban J connectivity index is 1.68. The van der Waals surface area contributed by atoms with E-state index in [1.807, 2.05) is 0 Å². The van der Waals surface area contributed by atoms with E-state index in [4.69, 9.17) is 20.8 Å². The highest BCUT2D eigenvalue weighted by Crippen LogP contribution is 2.38. The number of halogens is 4. The van der Waals surface area contributed by atoms with Crippen molar-refractivity contribution in [3.63, 3.8) is 0 Å². The van der Waals surface area contributed by atoms with Gasteiger partial charge in [-0.2, -0.15) is 13.2 Å². The second-order valence-electron chi connectivity index (χ2n) is 7.28. The Morgan fingerprint density at radius 2 is 1.68 bits per heavy atom. The van der Waals surface area contributed by atoms with Crippen molar-refractivity contribution in [1.82, 2.24) is 0 Å². The zero-order chi connectivity index (χ0) is 24.5. The maximum absolute atomic E-state index is 13.8. The molecule has 0 fully saturated rings. The van der Waals surface area contributed by atoms with Crippen molar-refractivity contribution < 1.29 is 31.9 Å². The molecule has 0 radical (unpaired) electrons. The molecule has 5 nitrogen and oxygen atoms in total. The second-order valence-corrected chi connectivity index (χ2v) is 7.71. The molecule has 0 aliphatic heterocycles. The summed E-state index contributed by atoms with van der Waals surface area (Å²) in [5.41, 5.74) is -0.535. The molecule has 0 saturated carbocycles. The van der Waals surface area contributed by atoms with Crippen LogP contribution in [0.1, 0.15) is 21.7 Å². The monoisotopic (exact) mass is 488 g/mol. The highest BCUT2D eigenvalue weighted by Gasteiger charge is 2.39. The number of hydrogen-bond donors (Lipinski definition) is 0. The third kappa shape index (κ3) is 4.77. The van der Waals surface area contributed by atoms with Crippen LogP contribution in [-0.2, 0) is 17.5 Å². The van der Waals surface area contributed by atoms with E-state index in [0.717, 1.165) is 0 Å².